The molecule has 1 aliphatic heterocycles. The molecular weight excluding hydrogens is 270 g/mol. The van der Waals surface area contributed by atoms with Crippen molar-refractivity contribution in [2.45, 2.75) is 31.7 Å². The minimum atomic E-state index is 0.198. The lowest BCUT2D eigenvalue weighted by molar-refractivity contribution is -0.134. The van der Waals surface area contributed by atoms with Crippen molar-refractivity contribution in [3.05, 3.63) is 40.3 Å². The van der Waals surface area contributed by atoms with Gasteiger partial charge in [-0.25, -0.2) is 0 Å². The van der Waals surface area contributed by atoms with Crippen molar-refractivity contribution in [1.82, 2.24) is 14.7 Å². The first-order valence-corrected chi connectivity index (χ1v) is 7.97. The Morgan fingerprint density at radius 3 is 3.10 bits per heavy atom. The van der Waals surface area contributed by atoms with Crippen LogP contribution in [0.3, 0.4) is 0 Å². The predicted molar refractivity (Wildman–Crippen MR) is 79.5 cm³/mol. The molecule has 2 aromatic heterocycles. The van der Waals surface area contributed by atoms with Crippen LogP contribution in [0.5, 0.6) is 0 Å². The smallest absolute Gasteiger partial charge is 0.227 e. The molecule has 3 rings (SSSR count). The van der Waals surface area contributed by atoms with E-state index < -0.39 is 0 Å². The van der Waals surface area contributed by atoms with Gasteiger partial charge in [0.2, 0.25) is 5.91 Å². The number of aromatic nitrogens is 2. The second-order valence-electron chi connectivity index (χ2n) is 5.35. The van der Waals surface area contributed by atoms with E-state index in [1.807, 2.05) is 40.5 Å². The Kier molecular flexibility index (Phi) is 3.87. The lowest BCUT2D eigenvalue weighted by Gasteiger charge is -2.35. The van der Waals surface area contributed by atoms with Crippen molar-refractivity contribution in [3.63, 3.8) is 0 Å². The summed E-state index contributed by atoms with van der Waals surface area (Å²) in [6.07, 6.45) is 7.76. The van der Waals surface area contributed by atoms with Gasteiger partial charge in [0.05, 0.1) is 18.7 Å². The second kappa shape index (κ2) is 5.79. The van der Waals surface area contributed by atoms with Crippen LogP contribution in [0.2, 0.25) is 0 Å². The zero-order valence-corrected chi connectivity index (χ0v) is 12.5. The summed E-state index contributed by atoms with van der Waals surface area (Å²) >= 11 is 1.64. The Balaban J connectivity index is 1.76. The summed E-state index contributed by atoms with van der Waals surface area (Å²) in [5.41, 5.74) is 2.28. The van der Waals surface area contributed by atoms with Crippen LogP contribution >= 0.6 is 11.3 Å². The third-order valence-corrected chi connectivity index (χ3v) is 4.60. The van der Waals surface area contributed by atoms with Crippen molar-refractivity contribution in [1.29, 1.82) is 0 Å². The van der Waals surface area contributed by atoms with Gasteiger partial charge < -0.3 is 4.90 Å². The Hall–Kier alpha value is -1.62. The van der Waals surface area contributed by atoms with Crippen LogP contribution in [0.15, 0.2) is 29.2 Å². The first-order valence-electron chi connectivity index (χ1n) is 7.03. The maximum absolute atomic E-state index is 12.6. The molecule has 0 aliphatic carbocycles. The normalized spacial score (nSPS) is 19.2. The minimum Gasteiger partial charge on any atom is -0.335 e. The first kappa shape index (κ1) is 13.4. The van der Waals surface area contributed by atoms with Crippen molar-refractivity contribution in [2.24, 2.45) is 7.05 Å². The number of rotatable bonds is 3. The molecule has 2 aromatic rings. The summed E-state index contributed by atoms with van der Waals surface area (Å²) in [6.45, 7) is 0.864. The molecule has 4 nitrogen and oxygen atoms in total. The van der Waals surface area contributed by atoms with Gasteiger partial charge in [-0.15, -0.1) is 0 Å². The Bertz CT molecular complexity index is 576. The number of aryl methyl sites for hydroxylation is 1. The quantitative estimate of drug-likeness (QED) is 0.871. The van der Waals surface area contributed by atoms with Gasteiger partial charge in [0.1, 0.15) is 0 Å². The standard InChI is InChI=1S/C15H19N3OS/c1-17-10-13(9-16-17)14-4-2-3-6-18(14)15(19)8-12-5-7-20-11-12/h5,7,9-11,14H,2-4,6,8H2,1H3. The molecule has 0 spiro atoms. The molecule has 1 saturated heterocycles. The number of hydrogen-bond acceptors (Lipinski definition) is 3. The number of amides is 1. The molecule has 3 heterocycles. The van der Waals surface area contributed by atoms with E-state index in [0.29, 0.717) is 6.42 Å². The highest BCUT2D eigenvalue weighted by Gasteiger charge is 2.28. The fraction of sp³-hybridized carbons (Fsp3) is 0.467. The van der Waals surface area contributed by atoms with E-state index in [2.05, 4.69) is 10.5 Å². The highest BCUT2D eigenvalue weighted by atomic mass is 32.1. The van der Waals surface area contributed by atoms with Crippen molar-refractivity contribution in [3.8, 4) is 0 Å². The zero-order valence-electron chi connectivity index (χ0n) is 11.7. The molecule has 0 saturated carbocycles. The van der Waals surface area contributed by atoms with E-state index in [1.165, 1.54) is 6.42 Å². The Labute approximate surface area is 123 Å². The summed E-state index contributed by atoms with van der Waals surface area (Å²) in [4.78, 5) is 14.6. The highest BCUT2D eigenvalue weighted by Crippen LogP contribution is 2.31. The number of hydrogen-bond donors (Lipinski definition) is 0. The number of carbonyl (C=O) groups is 1. The van der Waals surface area contributed by atoms with E-state index in [9.17, 15) is 4.79 Å². The molecule has 20 heavy (non-hydrogen) atoms. The van der Waals surface area contributed by atoms with Gasteiger partial charge in [-0.1, -0.05) is 0 Å². The van der Waals surface area contributed by atoms with Crippen molar-refractivity contribution in [2.75, 3.05) is 6.54 Å². The monoisotopic (exact) mass is 289 g/mol. The maximum atomic E-state index is 12.6. The molecule has 0 N–H and O–H groups in total. The van der Waals surface area contributed by atoms with E-state index in [-0.39, 0.29) is 11.9 Å². The summed E-state index contributed by atoms with van der Waals surface area (Å²) in [5, 5.41) is 8.32. The van der Waals surface area contributed by atoms with Gasteiger partial charge in [0.15, 0.2) is 0 Å². The zero-order chi connectivity index (χ0) is 13.9. The van der Waals surface area contributed by atoms with Crippen LogP contribution in [-0.2, 0) is 18.3 Å². The summed E-state index contributed by atoms with van der Waals surface area (Å²) in [7, 11) is 1.92. The Morgan fingerprint density at radius 1 is 1.50 bits per heavy atom. The van der Waals surface area contributed by atoms with E-state index in [1.54, 1.807) is 11.3 Å². The van der Waals surface area contributed by atoms with E-state index >= 15 is 0 Å². The van der Waals surface area contributed by atoms with Gasteiger partial charge in [-0.05, 0) is 41.7 Å². The van der Waals surface area contributed by atoms with Gasteiger partial charge in [-0.2, -0.15) is 16.4 Å². The fourth-order valence-electron chi connectivity index (χ4n) is 2.86. The van der Waals surface area contributed by atoms with Gasteiger partial charge >= 0.3 is 0 Å². The van der Waals surface area contributed by atoms with Gasteiger partial charge in [-0.3, -0.25) is 9.48 Å². The lowest BCUT2D eigenvalue weighted by atomic mass is 9.97. The molecule has 1 aliphatic rings. The van der Waals surface area contributed by atoms with Crippen LogP contribution in [0.1, 0.15) is 36.4 Å². The number of carbonyl (C=O) groups excluding carboxylic acids is 1. The molecule has 106 valence electrons. The van der Waals surface area contributed by atoms with Crippen LogP contribution in [0, 0.1) is 0 Å². The molecule has 0 aromatic carbocycles. The topological polar surface area (TPSA) is 38.1 Å². The number of nitrogens with zero attached hydrogens (tertiary/aromatic N) is 3. The molecule has 1 fully saturated rings. The molecule has 0 bridgehead atoms. The fourth-order valence-corrected chi connectivity index (χ4v) is 3.53. The largest absolute Gasteiger partial charge is 0.335 e. The molecule has 1 amide bonds. The molecule has 0 radical (unpaired) electrons. The van der Waals surface area contributed by atoms with Crippen LogP contribution in [0.25, 0.3) is 0 Å². The van der Waals surface area contributed by atoms with Crippen LogP contribution in [0.4, 0.5) is 0 Å². The summed E-state index contributed by atoms with van der Waals surface area (Å²) in [6, 6.07) is 2.23. The SMILES string of the molecule is Cn1cc(C2CCCCN2C(=O)Cc2ccsc2)cn1. The summed E-state index contributed by atoms with van der Waals surface area (Å²) in [5.74, 6) is 0.233. The van der Waals surface area contributed by atoms with Gasteiger partial charge in [0, 0.05) is 25.4 Å². The number of thiophene rings is 1. The molecule has 1 atom stereocenters. The maximum Gasteiger partial charge on any atom is 0.227 e. The highest BCUT2D eigenvalue weighted by molar-refractivity contribution is 7.07. The summed E-state index contributed by atoms with van der Waals surface area (Å²) < 4.78 is 1.81. The van der Waals surface area contributed by atoms with E-state index in [0.717, 1.165) is 30.5 Å². The first-order chi connectivity index (χ1) is 9.74. The lowest BCUT2D eigenvalue weighted by Crippen LogP contribution is -2.39. The Morgan fingerprint density at radius 2 is 2.40 bits per heavy atom. The molecular formula is C15H19N3OS. The van der Waals surface area contributed by atoms with Crippen molar-refractivity contribution >= 4 is 17.2 Å². The van der Waals surface area contributed by atoms with E-state index in [4.69, 9.17) is 0 Å². The second-order valence-corrected chi connectivity index (χ2v) is 6.13. The average molecular weight is 289 g/mol. The average Bonchev–Trinajstić information content (AvgIpc) is 3.10. The van der Waals surface area contributed by atoms with Crippen LogP contribution in [-0.4, -0.2) is 27.1 Å². The minimum absolute atomic E-state index is 0.198. The van der Waals surface area contributed by atoms with Gasteiger partial charge in [0.25, 0.3) is 0 Å². The third-order valence-electron chi connectivity index (χ3n) is 3.87. The predicted octanol–water partition coefficient (Wildman–Crippen LogP) is 2.78. The third kappa shape index (κ3) is 2.77. The number of likely N-dealkylation sites (tertiary alicyclic amines) is 1. The van der Waals surface area contributed by atoms with Crippen molar-refractivity contribution < 1.29 is 4.79 Å². The van der Waals surface area contributed by atoms with Crippen LogP contribution < -0.4 is 0 Å². The molecule has 1 unspecified atom stereocenters. The molecule has 5 heteroatoms. The number of piperidine rings is 1.